The van der Waals surface area contributed by atoms with Crippen LogP contribution in [0, 0.1) is 12.7 Å². The van der Waals surface area contributed by atoms with Crippen molar-refractivity contribution in [2.24, 2.45) is 0 Å². The smallest absolute Gasteiger partial charge is 0.305 e. The summed E-state index contributed by atoms with van der Waals surface area (Å²) in [7, 11) is 1.54. The number of carboxylic acid groups (broad SMARTS) is 1. The molecule has 1 aromatic rings. The molecule has 5 nitrogen and oxygen atoms in total. The van der Waals surface area contributed by atoms with Crippen LogP contribution in [0.25, 0.3) is 0 Å². The van der Waals surface area contributed by atoms with Crippen LogP contribution in [0.3, 0.4) is 0 Å². The Balaban J connectivity index is 2.22. The van der Waals surface area contributed by atoms with Crippen molar-refractivity contribution in [1.82, 2.24) is 4.90 Å². The molecule has 0 saturated carbocycles. The number of carboxylic acids is 1. The highest BCUT2D eigenvalue weighted by atomic mass is 19.1. The van der Waals surface area contributed by atoms with Crippen LogP contribution in [0.1, 0.15) is 28.8 Å². The molecule has 2 rings (SSSR count). The van der Waals surface area contributed by atoms with Gasteiger partial charge in [0.2, 0.25) is 0 Å². The predicted molar refractivity (Wildman–Crippen MR) is 73.6 cm³/mol. The first-order valence-electron chi connectivity index (χ1n) is 6.74. The Kier molecular flexibility index (Phi) is 4.57. The first kappa shape index (κ1) is 15.4. The largest absolute Gasteiger partial charge is 0.481 e. The van der Waals surface area contributed by atoms with Gasteiger partial charge in [-0.15, -0.1) is 0 Å². The minimum absolute atomic E-state index is 0.119. The number of hydrogen-bond donors (Lipinski definition) is 1. The van der Waals surface area contributed by atoms with E-state index in [0.29, 0.717) is 24.1 Å². The maximum atomic E-state index is 13.3. The molecule has 21 heavy (non-hydrogen) atoms. The van der Waals surface area contributed by atoms with Gasteiger partial charge in [-0.25, -0.2) is 4.39 Å². The van der Waals surface area contributed by atoms with Crippen LogP contribution >= 0.6 is 0 Å². The molecule has 114 valence electrons. The molecule has 0 aliphatic carbocycles. The lowest BCUT2D eigenvalue weighted by molar-refractivity contribution is -0.137. The fourth-order valence-electron chi connectivity index (χ4n) is 2.63. The minimum Gasteiger partial charge on any atom is -0.481 e. The van der Waals surface area contributed by atoms with Crippen molar-refractivity contribution < 1.29 is 23.8 Å². The van der Waals surface area contributed by atoms with Crippen molar-refractivity contribution in [2.75, 3.05) is 13.7 Å². The summed E-state index contributed by atoms with van der Waals surface area (Å²) in [4.78, 5) is 25.0. The summed E-state index contributed by atoms with van der Waals surface area (Å²) in [6, 6.07) is 3.75. The molecule has 1 heterocycles. The van der Waals surface area contributed by atoms with Crippen LogP contribution in [0.15, 0.2) is 18.2 Å². The molecule has 1 aromatic carbocycles. The van der Waals surface area contributed by atoms with Crippen LogP contribution in [-0.2, 0) is 9.53 Å². The number of amides is 1. The van der Waals surface area contributed by atoms with Gasteiger partial charge in [-0.2, -0.15) is 0 Å². The summed E-state index contributed by atoms with van der Waals surface area (Å²) in [6.07, 6.45) is 0.209. The quantitative estimate of drug-likeness (QED) is 0.920. The van der Waals surface area contributed by atoms with Gasteiger partial charge in [-0.1, -0.05) is 0 Å². The lowest BCUT2D eigenvalue weighted by Crippen LogP contribution is -2.37. The number of nitrogens with zero attached hydrogens (tertiary/aromatic N) is 1. The number of hydrogen-bond acceptors (Lipinski definition) is 3. The predicted octanol–water partition coefficient (Wildman–Crippen LogP) is 1.84. The number of benzene rings is 1. The second kappa shape index (κ2) is 6.22. The van der Waals surface area contributed by atoms with E-state index in [1.807, 2.05) is 0 Å². The van der Waals surface area contributed by atoms with Gasteiger partial charge in [0.1, 0.15) is 5.82 Å². The molecule has 0 spiro atoms. The molecule has 2 atom stereocenters. The van der Waals surface area contributed by atoms with Crippen molar-refractivity contribution >= 4 is 11.9 Å². The topological polar surface area (TPSA) is 66.8 Å². The summed E-state index contributed by atoms with van der Waals surface area (Å²) in [5, 5.41) is 8.96. The molecule has 1 N–H and O–H groups in total. The Bertz CT molecular complexity index is 561. The summed E-state index contributed by atoms with van der Waals surface area (Å²) in [5.41, 5.74) is 0.749. The van der Waals surface area contributed by atoms with Crippen molar-refractivity contribution in [1.29, 1.82) is 0 Å². The molecular weight excluding hydrogens is 277 g/mol. The highest BCUT2D eigenvalue weighted by Gasteiger charge is 2.36. The molecule has 1 amide bonds. The van der Waals surface area contributed by atoms with E-state index >= 15 is 0 Å². The van der Waals surface area contributed by atoms with Crippen LogP contribution in [0.5, 0.6) is 0 Å². The maximum Gasteiger partial charge on any atom is 0.305 e. The van der Waals surface area contributed by atoms with E-state index in [-0.39, 0.29) is 24.2 Å². The van der Waals surface area contributed by atoms with Gasteiger partial charge in [-0.3, -0.25) is 9.59 Å². The number of aryl methyl sites for hydroxylation is 1. The Labute approximate surface area is 122 Å². The second-order valence-electron chi connectivity index (χ2n) is 5.27. The lowest BCUT2D eigenvalue weighted by Gasteiger charge is -2.23. The fourth-order valence-corrected chi connectivity index (χ4v) is 2.63. The molecule has 0 aromatic heterocycles. The zero-order chi connectivity index (χ0) is 15.6. The number of ether oxygens (including phenoxy) is 1. The van der Waals surface area contributed by atoms with Gasteiger partial charge in [-0.05, 0) is 37.1 Å². The molecule has 1 aliphatic rings. The number of methoxy groups -OCH3 is 1. The Morgan fingerprint density at radius 2 is 2.19 bits per heavy atom. The van der Waals surface area contributed by atoms with E-state index in [9.17, 15) is 14.0 Å². The van der Waals surface area contributed by atoms with Crippen molar-refractivity contribution in [3.05, 3.63) is 35.1 Å². The van der Waals surface area contributed by atoms with Gasteiger partial charge in [0, 0.05) is 25.3 Å². The average molecular weight is 295 g/mol. The average Bonchev–Trinajstić information content (AvgIpc) is 2.83. The number of aliphatic carboxylic acids is 1. The Morgan fingerprint density at radius 1 is 1.48 bits per heavy atom. The first-order valence-corrected chi connectivity index (χ1v) is 6.74. The molecule has 1 aliphatic heterocycles. The maximum absolute atomic E-state index is 13.3. The molecule has 1 saturated heterocycles. The van der Waals surface area contributed by atoms with Gasteiger partial charge >= 0.3 is 5.97 Å². The van der Waals surface area contributed by atoms with E-state index in [0.717, 1.165) is 0 Å². The minimum atomic E-state index is -0.954. The molecule has 2 unspecified atom stereocenters. The van der Waals surface area contributed by atoms with Crippen LogP contribution in [0.4, 0.5) is 4.39 Å². The second-order valence-corrected chi connectivity index (χ2v) is 5.27. The number of likely N-dealkylation sites (tertiary alicyclic amines) is 1. The number of carbonyl (C=O) groups is 2. The van der Waals surface area contributed by atoms with E-state index in [1.165, 1.54) is 23.1 Å². The van der Waals surface area contributed by atoms with Crippen LogP contribution < -0.4 is 0 Å². The highest BCUT2D eigenvalue weighted by molar-refractivity contribution is 5.95. The first-order chi connectivity index (χ1) is 9.92. The Morgan fingerprint density at radius 3 is 2.76 bits per heavy atom. The van der Waals surface area contributed by atoms with Crippen LogP contribution in [0.2, 0.25) is 0 Å². The highest BCUT2D eigenvalue weighted by Crippen LogP contribution is 2.25. The van der Waals surface area contributed by atoms with Crippen molar-refractivity contribution in [2.45, 2.75) is 31.9 Å². The van der Waals surface area contributed by atoms with Gasteiger partial charge < -0.3 is 14.7 Å². The van der Waals surface area contributed by atoms with Gasteiger partial charge in [0.05, 0.1) is 12.5 Å². The van der Waals surface area contributed by atoms with Gasteiger partial charge in [0.25, 0.3) is 5.91 Å². The molecular formula is C15H18FNO4. The monoisotopic (exact) mass is 295 g/mol. The SMILES string of the molecule is COC1CC(CC(=O)O)N(C(=O)c2ccc(F)c(C)c2)C1. The third-order valence-corrected chi connectivity index (χ3v) is 3.79. The number of rotatable bonds is 4. The third-order valence-electron chi connectivity index (χ3n) is 3.79. The normalized spacial score (nSPS) is 21.6. The van der Waals surface area contributed by atoms with E-state index < -0.39 is 12.0 Å². The standard InChI is InChI=1S/C15H18FNO4/c1-9-5-10(3-4-13(9)16)15(20)17-8-12(21-2)6-11(17)7-14(18)19/h3-5,11-12H,6-8H2,1-2H3,(H,18,19). The van der Waals surface area contributed by atoms with Crippen LogP contribution in [-0.4, -0.2) is 47.7 Å². The number of halogens is 1. The molecule has 1 fully saturated rings. The van der Waals surface area contributed by atoms with E-state index in [1.54, 1.807) is 14.0 Å². The van der Waals surface area contributed by atoms with Gasteiger partial charge in [0.15, 0.2) is 0 Å². The Hall–Kier alpha value is -1.95. The lowest BCUT2D eigenvalue weighted by atomic mass is 10.1. The van der Waals surface area contributed by atoms with E-state index in [4.69, 9.17) is 9.84 Å². The summed E-state index contributed by atoms with van der Waals surface area (Å²) < 4.78 is 18.5. The number of carbonyl (C=O) groups excluding carboxylic acids is 1. The zero-order valence-corrected chi connectivity index (χ0v) is 12.0. The molecule has 6 heteroatoms. The van der Waals surface area contributed by atoms with Crippen molar-refractivity contribution in [3.63, 3.8) is 0 Å². The summed E-state index contributed by atoms with van der Waals surface area (Å²) in [5.74, 6) is -1.61. The summed E-state index contributed by atoms with van der Waals surface area (Å²) in [6.45, 7) is 1.94. The molecule has 0 radical (unpaired) electrons. The van der Waals surface area contributed by atoms with E-state index in [2.05, 4.69) is 0 Å². The molecule has 0 bridgehead atoms. The zero-order valence-electron chi connectivity index (χ0n) is 12.0. The third kappa shape index (κ3) is 3.39. The summed E-state index contributed by atoms with van der Waals surface area (Å²) >= 11 is 0. The van der Waals surface area contributed by atoms with Crippen molar-refractivity contribution in [3.8, 4) is 0 Å². The fraction of sp³-hybridized carbons (Fsp3) is 0.467.